The molecule has 1 heterocycles. The average Bonchev–Trinajstić information content (AvgIpc) is 2.86. The number of nitrogens with one attached hydrogen (secondary N) is 1. The Balaban J connectivity index is 1.70. The number of hydrogen-bond acceptors (Lipinski definition) is 4. The zero-order chi connectivity index (χ0) is 18.7. The Bertz CT molecular complexity index is 909. The van der Waals surface area contributed by atoms with Crippen molar-refractivity contribution in [3.8, 4) is 0 Å². The Morgan fingerprint density at radius 2 is 1.85 bits per heavy atom. The van der Waals surface area contributed by atoms with Crippen LogP contribution >= 0.6 is 23.4 Å². The number of aryl methyl sites for hydroxylation is 1. The van der Waals surface area contributed by atoms with E-state index in [1.807, 2.05) is 31.2 Å². The molecule has 0 radical (unpaired) electrons. The zero-order valence-corrected chi connectivity index (χ0v) is 15.4. The summed E-state index contributed by atoms with van der Waals surface area (Å²) in [6.07, 6.45) is 1.65. The second-order valence-electron chi connectivity index (χ2n) is 5.71. The molecule has 0 aliphatic carbocycles. The number of imide groups is 1. The van der Waals surface area contributed by atoms with Crippen molar-refractivity contribution in [3.05, 3.63) is 69.6 Å². The molecule has 0 spiro atoms. The molecule has 3 rings (SSSR count). The first-order valence-corrected chi connectivity index (χ1v) is 9.00. The van der Waals surface area contributed by atoms with Crippen molar-refractivity contribution in [2.75, 3.05) is 11.9 Å². The highest BCUT2D eigenvalue weighted by Gasteiger charge is 2.36. The van der Waals surface area contributed by atoms with Crippen LogP contribution in [0.5, 0.6) is 0 Å². The van der Waals surface area contributed by atoms with Gasteiger partial charge in [0, 0.05) is 0 Å². The van der Waals surface area contributed by atoms with Gasteiger partial charge in [0.25, 0.3) is 11.1 Å². The van der Waals surface area contributed by atoms with Crippen molar-refractivity contribution < 1.29 is 14.4 Å². The number of nitrogens with zero attached hydrogens (tertiary/aromatic N) is 1. The molecule has 2 aromatic rings. The summed E-state index contributed by atoms with van der Waals surface area (Å²) in [6.45, 7) is 1.61. The predicted molar refractivity (Wildman–Crippen MR) is 104 cm³/mol. The molecule has 132 valence electrons. The number of halogens is 1. The Morgan fingerprint density at radius 1 is 1.15 bits per heavy atom. The minimum absolute atomic E-state index is 0.296. The molecule has 1 saturated heterocycles. The van der Waals surface area contributed by atoms with Crippen LogP contribution in [0.15, 0.2) is 53.4 Å². The van der Waals surface area contributed by atoms with Crippen LogP contribution in [0.4, 0.5) is 10.5 Å². The fraction of sp³-hybridized carbons (Fsp3) is 0.105. The number of carbonyl (C=O) groups excluding carboxylic acids is 3. The van der Waals surface area contributed by atoms with Crippen LogP contribution in [0.1, 0.15) is 11.1 Å². The van der Waals surface area contributed by atoms with Crippen LogP contribution in [0.3, 0.4) is 0 Å². The van der Waals surface area contributed by atoms with Gasteiger partial charge in [0.15, 0.2) is 0 Å². The number of carbonyl (C=O) groups is 3. The molecule has 2 aromatic carbocycles. The first kappa shape index (κ1) is 18.2. The number of amides is 3. The minimum atomic E-state index is -0.489. The summed E-state index contributed by atoms with van der Waals surface area (Å²) in [6, 6.07) is 14.3. The van der Waals surface area contributed by atoms with Crippen molar-refractivity contribution in [3.63, 3.8) is 0 Å². The minimum Gasteiger partial charge on any atom is -0.323 e. The van der Waals surface area contributed by atoms with Gasteiger partial charge in [-0.15, -0.1) is 0 Å². The lowest BCUT2D eigenvalue weighted by Crippen LogP contribution is -2.36. The summed E-state index contributed by atoms with van der Waals surface area (Å²) in [7, 11) is 0. The van der Waals surface area contributed by atoms with Gasteiger partial charge in [-0.2, -0.15) is 0 Å². The van der Waals surface area contributed by atoms with Crippen LogP contribution in [-0.4, -0.2) is 28.5 Å². The summed E-state index contributed by atoms with van der Waals surface area (Å²) in [5.41, 5.74) is 2.36. The lowest BCUT2D eigenvalue weighted by molar-refractivity contribution is -0.127. The number of thioether (sulfide) groups is 1. The second-order valence-corrected chi connectivity index (χ2v) is 7.11. The predicted octanol–water partition coefficient (Wildman–Crippen LogP) is 4.32. The molecule has 1 aliphatic heterocycles. The van der Waals surface area contributed by atoms with Gasteiger partial charge in [-0.25, -0.2) is 0 Å². The van der Waals surface area contributed by atoms with Crippen LogP contribution in [-0.2, 0) is 9.59 Å². The highest BCUT2D eigenvalue weighted by Crippen LogP contribution is 2.32. The van der Waals surface area contributed by atoms with Gasteiger partial charge in [0.05, 0.1) is 15.6 Å². The number of para-hydroxylation sites is 1. The summed E-state index contributed by atoms with van der Waals surface area (Å²) in [5, 5.41) is 2.52. The molecule has 0 atom stereocenters. The van der Waals surface area contributed by atoms with Crippen LogP contribution in [0.2, 0.25) is 5.02 Å². The van der Waals surface area contributed by atoms with Crippen molar-refractivity contribution in [2.45, 2.75) is 6.92 Å². The van der Waals surface area contributed by atoms with E-state index < -0.39 is 17.1 Å². The lowest BCUT2D eigenvalue weighted by atomic mass is 10.1. The third-order valence-electron chi connectivity index (χ3n) is 3.70. The summed E-state index contributed by atoms with van der Waals surface area (Å²) >= 11 is 6.82. The van der Waals surface area contributed by atoms with Crippen molar-refractivity contribution >= 4 is 52.2 Å². The number of benzene rings is 2. The number of hydrogen-bond donors (Lipinski definition) is 1. The van der Waals surface area contributed by atoms with Crippen LogP contribution in [0.25, 0.3) is 6.08 Å². The van der Waals surface area contributed by atoms with E-state index in [1.54, 1.807) is 30.3 Å². The normalized spacial score (nSPS) is 15.6. The van der Waals surface area contributed by atoms with E-state index in [0.29, 0.717) is 15.6 Å². The summed E-state index contributed by atoms with van der Waals surface area (Å²) in [5.74, 6) is -0.966. The highest BCUT2D eigenvalue weighted by molar-refractivity contribution is 8.18. The second kappa shape index (κ2) is 7.76. The van der Waals surface area contributed by atoms with E-state index >= 15 is 0 Å². The number of anilines is 1. The molecule has 5 nitrogen and oxygen atoms in total. The molecule has 1 N–H and O–H groups in total. The molecule has 1 fully saturated rings. The first-order chi connectivity index (χ1) is 12.4. The third-order valence-corrected chi connectivity index (χ3v) is 4.94. The smallest absolute Gasteiger partial charge is 0.294 e. The van der Waals surface area contributed by atoms with E-state index in [2.05, 4.69) is 5.32 Å². The lowest BCUT2D eigenvalue weighted by Gasteiger charge is -2.13. The standard InChI is InChI=1S/C19H15ClN2O3S/c1-12-6-8-13(9-7-12)10-16-18(24)22(19(25)26-16)11-17(23)21-15-5-3-2-4-14(15)20/h2-10H,11H2,1H3,(H,21,23)/b16-10+. The maximum absolute atomic E-state index is 12.5. The van der Waals surface area contributed by atoms with Gasteiger partial charge in [-0.1, -0.05) is 53.6 Å². The van der Waals surface area contributed by atoms with Gasteiger partial charge < -0.3 is 5.32 Å². The van der Waals surface area contributed by atoms with Crippen molar-refractivity contribution in [2.24, 2.45) is 0 Å². The Kier molecular flexibility index (Phi) is 5.44. The highest BCUT2D eigenvalue weighted by atomic mass is 35.5. The van der Waals surface area contributed by atoms with E-state index in [4.69, 9.17) is 11.6 Å². The summed E-state index contributed by atoms with van der Waals surface area (Å²) in [4.78, 5) is 38.0. The molecular formula is C19H15ClN2O3S. The maximum atomic E-state index is 12.5. The Labute approximate surface area is 160 Å². The van der Waals surface area contributed by atoms with Crippen molar-refractivity contribution in [1.29, 1.82) is 0 Å². The van der Waals surface area contributed by atoms with E-state index in [1.165, 1.54) is 0 Å². The largest absolute Gasteiger partial charge is 0.323 e. The molecule has 0 saturated carbocycles. The molecule has 3 amide bonds. The van der Waals surface area contributed by atoms with E-state index in [9.17, 15) is 14.4 Å². The topological polar surface area (TPSA) is 66.5 Å². The van der Waals surface area contributed by atoms with Crippen LogP contribution in [0, 0.1) is 6.92 Å². The quantitative estimate of drug-likeness (QED) is 0.794. The summed E-state index contributed by atoms with van der Waals surface area (Å²) < 4.78 is 0. The Morgan fingerprint density at radius 3 is 2.54 bits per heavy atom. The first-order valence-electron chi connectivity index (χ1n) is 7.80. The SMILES string of the molecule is Cc1ccc(/C=C2/SC(=O)N(CC(=O)Nc3ccccc3Cl)C2=O)cc1. The van der Waals surface area contributed by atoms with Gasteiger partial charge in [-0.05, 0) is 42.5 Å². The monoisotopic (exact) mass is 386 g/mol. The van der Waals surface area contributed by atoms with Gasteiger partial charge in [-0.3, -0.25) is 19.3 Å². The molecular weight excluding hydrogens is 372 g/mol. The van der Waals surface area contributed by atoms with Crippen molar-refractivity contribution in [1.82, 2.24) is 4.90 Å². The molecule has 0 aromatic heterocycles. The molecule has 0 bridgehead atoms. The fourth-order valence-electron chi connectivity index (χ4n) is 2.35. The van der Waals surface area contributed by atoms with E-state index in [-0.39, 0.29) is 6.54 Å². The maximum Gasteiger partial charge on any atom is 0.294 e. The molecule has 7 heteroatoms. The van der Waals surface area contributed by atoms with Gasteiger partial charge >= 0.3 is 0 Å². The molecule has 26 heavy (non-hydrogen) atoms. The average molecular weight is 387 g/mol. The van der Waals surface area contributed by atoms with E-state index in [0.717, 1.165) is 27.8 Å². The van der Waals surface area contributed by atoms with Gasteiger partial charge in [0.2, 0.25) is 5.91 Å². The molecule has 1 aliphatic rings. The van der Waals surface area contributed by atoms with Gasteiger partial charge in [0.1, 0.15) is 6.54 Å². The zero-order valence-electron chi connectivity index (χ0n) is 13.9. The Hall–Kier alpha value is -2.57. The fourth-order valence-corrected chi connectivity index (χ4v) is 3.37. The third kappa shape index (κ3) is 4.15. The number of rotatable bonds is 4. The van der Waals surface area contributed by atoms with Crippen LogP contribution < -0.4 is 5.32 Å². The molecule has 0 unspecified atom stereocenters.